The van der Waals surface area contributed by atoms with Crippen molar-refractivity contribution in [2.24, 2.45) is 7.05 Å². The first kappa shape index (κ1) is 20.2. The third kappa shape index (κ3) is 4.82. The topological polar surface area (TPSA) is 50.2 Å². The minimum Gasteiger partial charge on any atom is -0.340 e. The Labute approximate surface area is 150 Å². The quantitative estimate of drug-likeness (QED) is 0.871. The zero-order valence-corrected chi connectivity index (χ0v) is 15.8. The molecule has 0 fully saturated rings. The van der Waals surface area contributed by atoms with Gasteiger partial charge >= 0.3 is 0 Å². The summed E-state index contributed by atoms with van der Waals surface area (Å²) in [6.45, 7) is 4.95. The van der Waals surface area contributed by atoms with Gasteiger partial charge < -0.3 is 10.2 Å². The Balaban J connectivity index is 0.00000288. The maximum Gasteiger partial charge on any atom is 0.244 e. The molecule has 6 heteroatoms. The van der Waals surface area contributed by atoms with E-state index in [1.165, 1.54) is 5.56 Å². The lowest BCUT2D eigenvalue weighted by Gasteiger charge is -2.23. The van der Waals surface area contributed by atoms with E-state index in [-0.39, 0.29) is 24.4 Å². The van der Waals surface area contributed by atoms with Gasteiger partial charge in [0.25, 0.3) is 0 Å². The van der Waals surface area contributed by atoms with E-state index < -0.39 is 0 Å². The second-order valence-corrected chi connectivity index (χ2v) is 6.26. The van der Waals surface area contributed by atoms with Gasteiger partial charge in [-0.3, -0.25) is 9.48 Å². The van der Waals surface area contributed by atoms with Crippen molar-refractivity contribution >= 4 is 18.3 Å². The Morgan fingerprint density at radius 1 is 1.25 bits per heavy atom. The molecule has 0 aliphatic rings. The van der Waals surface area contributed by atoms with E-state index in [1.807, 2.05) is 20.3 Å². The number of likely N-dealkylation sites (N-methyl/N-ethyl adjacent to an activating group) is 2. The Bertz CT molecular complexity index is 651. The summed E-state index contributed by atoms with van der Waals surface area (Å²) in [5.41, 5.74) is 3.32. The average molecular weight is 351 g/mol. The van der Waals surface area contributed by atoms with Gasteiger partial charge in [0.15, 0.2) is 0 Å². The molecule has 0 aliphatic carbocycles. The number of halogens is 1. The summed E-state index contributed by atoms with van der Waals surface area (Å²) in [5.74, 6) is 0.552. The Morgan fingerprint density at radius 3 is 2.33 bits per heavy atom. The minimum absolute atomic E-state index is 0. The fourth-order valence-corrected chi connectivity index (χ4v) is 2.60. The normalized spacial score (nSPS) is 11.9. The molecule has 2 rings (SSSR count). The molecule has 1 unspecified atom stereocenters. The molecule has 132 valence electrons. The lowest BCUT2D eigenvalue weighted by Crippen LogP contribution is -2.37. The molecular weight excluding hydrogens is 324 g/mol. The number of benzene rings is 1. The number of carbonyl (C=O) groups is 1. The predicted octanol–water partition coefficient (Wildman–Crippen LogP) is 2.88. The van der Waals surface area contributed by atoms with Crippen molar-refractivity contribution in [1.82, 2.24) is 20.0 Å². The van der Waals surface area contributed by atoms with Crippen LogP contribution < -0.4 is 5.32 Å². The first-order chi connectivity index (χ1) is 10.9. The minimum atomic E-state index is -0.372. The van der Waals surface area contributed by atoms with Crippen LogP contribution >= 0.6 is 12.4 Å². The van der Waals surface area contributed by atoms with Crippen molar-refractivity contribution in [2.45, 2.75) is 32.4 Å². The fourth-order valence-electron chi connectivity index (χ4n) is 2.60. The van der Waals surface area contributed by atoms with E-state index in [9.17, 15) is 4.79 Å². The predicted molar refractivity (Wildman–Crippen MR) is 99.3 cm³/mol. The number of rotatable bonds is 6. The second kappa shape index (κ2) is 8.85. The van der Waals surface area contributed by atoms with Gasteiger partial charge in [0, 0.05) is 32.4 Å². The summed E-state index contributed by atoms with van der Waals surface area (Å²) in [7, 11) is 5.47. The van der Waals surface area contributed by atoms with Gasteiger partial charge in [-0.2, -0.15) is 5.10 Å². The summed E-state index contributed by atoms with van der Waals surface area (Å²) in [5, 5.41) is 7.22. The maximum absolute atomic E-state index is 12.7. The van der Waals surface area contributed by atoms with Gasteiger partial charge in [0.05, 0.1) is 6.20 Å². The molecule has 1 atom stereocenters. The molecule has 0 spiro atoms. The van der Waals surface area contributed by atoms with Gasteiger partial charge in [-0.05, 0) is 24.1 Å². The number of hydrogen-bond acceptors (Lipinski definition) is 3. The number of aryl methyl sites for hydroxylation is 1. The van der Waals surface area contributed by atoms with Gasteiger partial charge in [-0.15, -0.1) is 12.4 Å². The number of nitrogens with zero attached hydrogens (tertiary/aromatic N) is 3. The Hall–Kier alpha value is -1.85. The van der Waals surface area contributed by atoms with Crippen LogP contribution in [-0.2, 0) is 18.4 Å². The molecule has 2 aromatic rings. The summed E-state index contributed by atoms with van der Waals surface area (Å²) in [4.78, 5) is 14.4. The molecule has 0 bridgehead atoms. The van der Waals surface area contributed by atoms with Crippen LogP contribution in [0.1, 0.15) is 42.5 Å². The third-order valence-electron chi connectivity index (χ3n) is 4.04. The van der Waals surface area contributed by atoms with Crippen molar-refractivity contribution in [3.8, 4) is 0 Å². The van der Waals surface area contributed by atoms with Crippen molar-refractivity contribution in [3.63, 3.8) is 0 Å². The lowest BCUT2D eigenvalue weighted by atomic mass is 10.0. The molecule has 5 nitrogen and oxygen atoms in total. The van der Waals surface area contributed by atoms with Crippen molar-refractivity contribution in [3.05, 3.63) is 53.3 Å². The van der Waals surface area contributed by atoms with Gasteiger partial charge in [0.1, 0.15) is 6.04 Å². The smallest absolute Gasteiger partial charge is 0.244 e. The lowest BCUT2D eigenvalue weighted by molar-refractivity contribution is -0.132. The standard InChI is InChI=1S/C18H26N4O.ClH/c1-13(2)15-8-6-14(7-9-15)11-21(4)18(23)17(19-3)16-10-20-22(5)12-16;/h6-10,12-13,17,19H,11H2,1-5H3;1H. The zero-order valence-electron chi connectivity index (χ0n) is 15.0. The summed E-state index contributed by atoms with van der Waals surface area (Å²) >= 11 is 0. The molecule has 24 heavy (non-hydrogen) atoms. The van der Waals surface area contributed by atoms with Crippen LogP contribution in [-0.4, -0.2) is 34.7 Å². The van der Waals surface area contributed by atoms with Crippen LogP contribution in [0.4, 0.5) is 0 Å². The van der Waals surface area contributed by atoms with Crippen LogP contribution in [0.5, 0.6) is 0 Å². The molecular formula is C18H27ClN4O. The first-order valence-corrected chi connectivity index (χ1v) is 7.92. The number of aromatic nitrogens is 2. The highest BCUT2D eigenvalue weighted by molar-refractivity contribution is 5.85. The molecule has 1 aromatic carbocycles. The van der Waals surface area contributed by atoms with E-state index >= 15 is 0 Å². The van der Waals surface area contributed by atoms with Gasteiger partial charge in [-0.1, -0.05) is 38.1 Å². The molecule has 0 saturated heterocycles. The van der Waals surface area contributed by atoms with Crippen LogP contribution in [0.25, 0.3) is 0 Å². The fraction of sp³-hybridized carbons (Fsp3) is 0.444. The largest absolute Gasteiger partial charge is 0.340 e. The number of carbonyl (C=O) groups excluding carboxylic acids is 1. The zero-order chi connectivity index (χ0) is 17.0. The average Bonchev–Trinajstić information content (AvgIpc) is 2.94. The molecule has 1 aromatic heterocycles. The summed E-state index contributed by atoms with van der Waals surface area (Å²) < 4.78 is 1.71. The van der Waals surface area contributed by atoms with E-state index in [2.05, 4.69) is 48.5 Å². The SMILES string of the molecule is CNC(C(=O)N(C)Cc1ccc(C(C)C)cc1)c1cnn(C)c1.Cl. The summed E-state index contributed by atoms with van der Waals surface area (Å²) in [6.07, 6.45) is 3.59. The van der Waals surface area contributed by atoms with Crippen LogP contribution in [0, 0.1) is 0 Å². The Kier molecular flexibility index (Phi) is 7.45. The monoisotopic (exact) mass is 350 g/mol. The highest BCUT2D eigenvalue weighted by Gasteiger charge is 2.23. The molecule has 1 amide bonds. The molecule has 0 radical (unpaired) electrons. The van der Waals surface area contributed by atoms with Gasteiger partial charge in [0.2, 0.25) is 5.91 Å². The third-order valence-corrected chi connectivity index (χ3v) is 4.04. The maximum atomic E-state index is 12.7. The van der Waals surface area contributed by atoms with Crippen LogP contribution in [0.15, 0.2) is 36.7 Å². The van der Waals surface area contributed by atoms with E-state index in [4.69, 9.17) is 0 Å². The molecule has 1 N–H and O–H groups in total. The Morgan fingerprint density at radius 2 is 1.88 bits per heavy atom. The van der Waals surface area contributed by atoms with Crippen molar-refractivity contribution in [1.29, 1.82) is 0 Å². The van der Waals surface area contributed by atoms with Gasteiger partial charge in [-0.25, -0.2) is 0 Å². The first-order valence-electron chi connectivity index (χ1n) is 7.92. The van der Waals surface area contributed by atoms with E-state index in [1.54, 1.807) is 22.8 Å². The highest BCUT2D eigenvalue weighted by atomic mass is 35.5. The number of amides is 1. The molecule has 1 heterocycles. The van der Waals surface area contributed by atoms with Crippen LogP contribution in [0.3, 0.4) is 0 Å². The highest BCUT2D eigenvalue weighted by Crippen LogP contribution is 2.18. The molecule has 0 saturated carbocycles. The second-order valence-electron chi connectivity index (χ2n) is 6.26. The number of hydrogen-bond donors (Lipinski definition) is 1. The van der Waals surface area contributed by atoms with E-state index in [0.29, 0.717) is 12.5 Å². The molecule has 0 aliphatic heterocycles. The number of nitrogens with one attached hydrogen (secondary N) is 1. The van der Waals surface area contributed by atoms with Crippen molar-refractivity contribution in [2.75, 3.05) is 14.1 Å². The van der Waals surface area contributed by atoms with E-state index in [0.717, 1.165) is 11.1 Å². The van der Waals surface area contributed by atoms with Crippen molar-refractivity contribution < 1.29 is 4.79 Å². The van der Waals surface area contributed by atoms with Crippen LogP contribution in [0.2, 0.25) is 0 Å². The summed E-state index contributed by atoms with van der Waals surface area (Å²) in [6, 6.07) is 8.09.